The summed E-state index contributed by atoms with van der Waals surface area (Å²) in [5.41, 5.74) is 2.19. The molecule has 17 heavy (non-hydrogen) atoms. The van der Waals surface area contributed by atoms with Crippen molar-refractivity contribution in [2.24, 2.45) is 0 Å². The summed E-state index contributed by atoms with van der Waals surface area (Å²) in [6.07, 6.45) is 0. The standard InChI is InChI=1S/C15H17NO/c1-13(12-17)16(14-8-4-2-5-9-14)15-10-6-3-7-11-15/h2-11,13,17H,12H2,1H3. The molecule has 0 radical (unpaired) electrons. The Kier molecular flexibility index (Phi) is 3.78. The smallest absolute Gasteiger partial charge is 0.0636 e. The number of para-hydroxylation sites is 2. The van der Waals surface area contributed by atoms with Gasteiger partial charge >= 0.3 is 0 Å². The quantitative estimate of drug-likeness (QED) is 0.867. The van der Waals surface area contributed by atoms with E-state index in [1.54, 1.807) is 0 Å². The van der Waals surface area contributed by atoms with Crippen molar-refractivity contribution in [2.45, 2.75) is 13.0 Å². The lowest BCUT2D eigenvalue weighted by Crippen LogP contribution is -2.31. The van der Waals surface area contributed by atoms with Crippen molar-refractivity contribution in [3.8, 4) is 0 Å². The van der Waals surface area contributed by atoms with Crippen LogP contribution < -0.4 is 4.90 Å². The molecule has 0 fully saturated rings. The van der Waals surface area contributed by atoms with Crippen molar-refractivity contribution < 1.29 is 5.11 Å². The van der Waals surface area contributed by atoms with Crippen molar-refractivity contribution in [2.75, 3.05) is 11.5 Å². The summed E-state index contributed by atoms with van der Waals surface area (Å²) in [4.78, 5) is 2.14. The number of rotatable bonds is 4. The highest BCUT2D eigenvalue weighted by Gasteiger charge is 2.14. The first-order valence-electron chi connectivity index (χ1n) is 5.83. The van der Waals surface area contributed by atoms with Gasteiger partial charge in [0, 0.05) is 11.4 Å². The molecule has 0 saturated heterocycles. The molecule has 0 aliphatic rings. The number of nitrogens with zero attached hydrogens (tertiary/aromatic N) is 1. The van der Waals surface area contributed by atoms with Crippen LogP contribution in [-0.4, -0.2) is 17.8 Å². The summed E-state index contributed by atoms with van der Waals surface area (Å²) in [5, 5.41) is 9.39. The molecule has 2 aromatic carbocycles. The Bertz CT molecular complexity index is 401. The first-order valence-corrected chi connectivity index (χ1v) is 5.83. The number of benzene rings is 2. The summed E-state index contributed by atoms with van der Waals surface area (Å²) in [5.74, 6) is 0. The Balaban J connectivity index is 2.39. The minimum Gasteiger partial charge on any atom is -0.394 e. The summed E-state index contributed by atoms with van der Waals surface area (Å²) in [7, 11) is 0. The molecule has 0 aliphatic carbocycles. The van der Waals surface area contributed by atoms with Gasteiger partial charge in [-0.05, 0) is 31.2 Å². The van der Waals surface area contributed by atoms with Crippen molar-refractivity contribution in [3.05, 3.63) is 60.7 Å². The molecule has 0 spiro atoms. The highest BCUT2D eigenvalue weighted by atomic mass is 16.3. The van der Waals surface area contributed by atoms with Crippen LogP contribution in [0.1, 0.15) is 6.92 Å². The molecular weight excluding hydrogens is 210 g/mol. The number of anilines is 2. The second-order valence-corrected chi connectivity index (χ2v) is 4.07. The second kappa shape index (κ2) is 5.51. The zero-order valence-corrected chi connectivity index (χ0v) is 9.95. The van der Waals surface area contributed by atoms with Crippen LogP contribution in [0.4, 0.5) is 11.4 Å². The lowest BCUT2D eigenvalue weighted by atomic mass is 10.2. The van der Waals surface area contributed by atoms with Crippen molar-refractivity contribution in [1.82, 2.24) is 0 Å². The molecule has 1 N–H and O–H groups in total. The van der Waals surface area contributed by atoms with Crippen molar-refractivity contribution in [1.29, 1.82) is 0 Å². The maximum Gasteiger partial charge on any atom is 0.0636 e. The van der Waals surface area contributed by atoms with E-state index in [1.165, 1.54) is 0 Å². The van der Waals surface area contributed by atoms with Gasteiger partial charge in [-0.3, -0.25) is 0 Å². The molecule has 0 saturated carbocycles. The van der Waals surface area contributed by atoms with E-state index >= 15 is 0 Å². The van der Waals surface area contributed by atoms with Gasteiger partial charge in [-0.2, -0.15) is 0 Å². The summed E-state index contributed by atoms with van der Waals surface area (Å²) >= 11 is 0. The van der Waals surface area contributed by atoms with E-state index in [9.17, 15) is 5.11 Å². The van der Waals surface area contributed by atoms with Crippen molar-refractivity contribution >= 4 is 11.4 Å². The third-order valence-corrected chi connectivity index (χ3v) is 2.77. The second-order valence-electron chi connectivity index (χ2n) is 4.07. The van der Waals surface area contributed by atoms with Gasteiger partial charge in [0.1, 0.15) is 0 Å². The van der Waals surface area contributed by atoms with Gasteiger partial charge < -0.3 is 10.0 Å². The van der Waals surface area contributed by atoms with Gasteiger partial charge in [0.2, 0.25) is 0 Å². The fraction of sp³-hybridized carbons (Fsp3) is 0.200. The van der Waals surface area contributed by atoms with Gasteiger partial charge in [0.25, 0.3) is 0 Å². The highest BCUT2D eigenvalue weighted by Crippen LogP contribution is 2.27. The minimum absolute atomic E-state index is 0.0554. The average molecular weight is 227 g/mol. The molecule has 2 heteroatoms. The molecule has 2 aromatic rings. The van der Waals surface area contributed by atoms with Crippen LogP contribution in [0, 0.1) is 0 Å². The van der Waals surface area contributed by atoms with Gasteiger partial charge in [-0.25, -0.2) is 0 Å². The van der Waals surface area contributed by atoms with E-state index in [2.05, 4.69) is 29.2 Å². The molecule has 1 atom stereocenters. The summed E-state index contributed by atoms with van der Waals surface area (Å²) < 4.78 is 0. The van der Waals surface area contributed by atoms with Crippen LogP contribution in [-0.2, 0) is 0 Å². The Morgan fingerprint density at radius 3 is 1.65 bits per heavy atom. The van der Waals surface area contributed by atoms with Gasteiger partial charge in [0.15, 0.2) is 0 Å². The van der Waals surface area contributed by atoms with E-state index in [0.29, 0.717) is 0 Å². The lowest BCUT2D eigenvalue weighted by Gasteiger charge is -2.30. The Hall–Kier alpha value is -1.80. The van der Waals surface area contributed by atoms with Crippen LogP contribution in [0.2, 0.25) is 0 Å². The first kappa shape index (κ1) is 11.7. The van der Waals surface area contributed by atoms with Crippen LogP contribution in [0.15, 0.2) is 60.7 Å². The van der Waals surface area contributed by atoms with E-state index < -0.39 is 0 Å². The maximum absolute atomic E-state index is 9.39. The number of aliphatic hydroxyl groups is 1. The number of hydrogen-bond acceptors (Lipinski definition) is 2. The molecule has 0 amide bonds. The fourth-order valence-electron chi connectivity index (χ4n) is 1.92. The van der Waals surface area contributed by atoms with Crippen LogP contribution >= 0.6 is 0 Å². The van der Waals surface area contributed by atoms with E-state index in [0.717, 1.165) is 11.4 Å². The monoisotopic (exact) mass is 227 g/mol. The number of aliphatic hydroxyl groups excluding tert-OH is 1. The molecule has 1 unspecified atom stereocenters. The molecule has 0 aliphatic heterocycles. The molecule has 2 rings (SSSR count). The van der Waals surface area contributed by atoms with Gasteiger partial charge in [-0.1, -0.05) is 36.4 Å². The van der Waals surface area contributed by atoms with Crippen LogP contribution in [0.3, 0.4) is 0 Å². The number of hydrogen-bond donors (Lipinski definition) is 1. The Labute approximate surface area is 102 Å². The molecule has 2 nitrogen and oxygen atoms in total. The fourth-order valence-corrected chi connectivity index (χ4v) is 1.92. The maximum atomic E-state index is 9.39. The predicted octanol–water partition coefficient (Wildman–Crippen LogP) is 3.21. The van der Waals surface area contributed by atoms with Crippen molar-refractivity contribution in [3.63, 3.8) is 0 Å². The third-order valence-electron chi connectivity index (χ3n) is 2.77. The molecule has 0 heterocycles. The molecule has 0 aromatic heterocycles. The van der Waals surface area contributed by atoms with Gasteiger partial charge in [0.05, 0.1) is 12.6 Å². The van der Waals surface area contributed by atoms with Crippen LogP contribution in [0.5, 0.6) is 0 Å². The summed E-state index contributed by atoms with van der Waals surface area (Å²) in [6, 6.07) is 20.3. The van der Waals surface area contributed by atoms with Crippen LogP contribution in [0.25, 0.3) is 0 Å². The Morgan fingerprint density at radius 2 is 1.29 bits per heavy atom. The zero-order valence-electron chi connectivity index (χ0n) is 9.95. The minimum atomic E-state index is 0.0554. The Morgan fingerprint density at radius 1 is 0.882 bits per heavy atom. The highest BCUT2D eigenvalue weighted by molar-refractivity contribution is 5.63. The summed E-state index contributed by atoms with van der Waals surface area (Å²) in [6.45, 7) is 2.14. The largest absolute Gasteiger partial charge is 0.394 e. The molecular formula is C15H17NO. The SMILES string of the molecule is CC(CO)N(c1ccccc1)c1ccccc1. The topological polar surface area (TPSA) is 23.5 Å². The molecule has 88 valence electrons. The zero-order chi connectivity index (χ0) is 12.1. The third kappa shape index (κ3) is 2.66. The van der Waals surface area contributed by atoms with Gasteiger partial charge in [-0.15, -0.1) is 0 Å². The molecule has 0 bridgehead atoms. The van der Waals surface area contributed by atoms with E-state index in [-0.39, 0.29) is 12.6 Å². The lowest BCUT2D eigenvalue weighted by molar-refractivity contribution is 0.273. The predicted molar refractivity (Wildman–Crippen MR) is 71.6 cm³/mol. The first-order chi connectivity index (χ1) is 8.33. The van der Waals surface area contributed by atoms with E-state index in [1.807, 2.05) is 43.3 Å². The van der Waals surface area contributed by atoms with E-state index in [4.69, 9.17) is 0 Å². The normalized spacial score (nSPS) is 12.1. The average Bonchev–Trinajstić information content (AvgIpc) is 2.41.